The minimum atomic E-state index is -0.468. The van der Waals surface area contributed by atoms with Gasteiger partial charge in [-0.1, -0.05) is 30.3 Å². The molecule has 2 aromatic rings. The number of rotatable bonds is 8. The average molecular weight is 301 g/mol. The maximum absolute atomic E-state index is 10.7. The first-order chi connectivity index (χ1) is 10.7. The number of hydrogen-bond acceptors (Lipinski definition) is 5. The van der Waals surface area contributed by atoms with Crippen LogP contribution in [0.2, 0.25) is 0 Å². The van der Waals surface area contributed by atoms with Gasteiger partial charge < -0.3 is 15.7 Å². The Hall–Kier alpha value is -2.44. The van der Waals surface area contributed by atoms with Gasteiger partial charge in [-0.2, -0.15) is 0 Å². The van der Waals surface area contributed by atoms with Crippen LogP contribution in [0.15, 0.2) is 48.5 Å². The summed E-state index contributed by atoms with van der Waals surface area (Å²) in [5, 5.41) is 26.8. The SMILES string of the molecule is O=[N+]([O-])c1ccc(O)c(CNCCNCc2ccccc2)c1. The second-order valence-corrected chi connectivity index (χ2v) is 4.91. The third-order valence-corrected chi connectivity index (χ3v) is 3.24. The van der Waals surface area contributed by atoms with E-state index in [2.05, 4.69) is 22.8 Å². The van der Waals surface area contributed by atoms with Crippen molar-refractivity contribution in [3.8, 4) is 5.75 Å². The molecule has 0 aliphatic carbocycles. The lowest BCUT2D eigenvalue weighted by atomic mass is 10.2. The van der Waals surface area contributed by atoms with E-state index >= 15 is 0 Å². The summed E-state index contributed by atoms with van der Waals surface area (Å²) in [6.07, 6.45) is 0. The minimum Gasteiger partial charge on any atom is -0.508 e. The number of nitro benzene ring substituents is 1. The lowest BCUT2D eigenvalue weighted by Crippen LogP contribution is -2.26. The highest BCUT2D eigenvalue weighted by atomic mass is 16.6. The molecule has 0 heterocycles. The molecule has 0 bridgehead atoms. The molecule has 6 nitrogen and oxygen atoms in total. The first kappa shape index (κ1) is 15.9. The van der Waals surface area contributed by atoms with Gasteiger partial charge in [-0.15, -0.1) is 0 Å². The van der Waals surface area contributed by atoms with Crippen LogP contribution in [0, 0.1) is 10.1 Å². The van der Waals surface area contributed by atoms with Gasteiger partial charge in [-0.25, -0.2) is 0 Å². The molecule has 0 amide bonds. The second-order valence-electron chi connectivity index (χ2n) is 4.91. The Morgan fingerprint density at radius 3 is 2.36 bits per heavy atom. The molecule has 116 valence electrons. The summed E-state index contributed by atoms with van der Waals surface area (Å²) in [6.45, 7) is 2.66. The van der Waals surface area contributed by atoms with E-state index in [9.17, 15) is 15.2 Å². The summed E-state index contributed by atoms with van der Waals surface area (Å²) in [7, 11) is 0. The van der Waals surface area contributed by atoms with Crippen molar-refractivity contribution in [3.63, 3.8) is 0 Å². The van der Waals surface area contributed by atoms with Crippen molar-refractivity contribution in [2.45, 2.75) is 13.1 Å². The van der Waals surface area contributed by atoms with Crippen LogP contribution in [-0.4, -0.2) is 23.1 Å². The number of nitrogens with zero attached hydrogens (tertiary/aromatic N) is 1. The molecular weight excluding hydrogens is 282 g/mol. The first-order valence-corrected chi connectivity index (χ1v) is 7.08. The maximum Gasteiger partial charge on any atom is 0.270 e. The predicted octanol–water partition coefficient (Wildman–Crippen LogP) is 2.18. The lowest BCUT2D eigenvalue weighted by Gasteiger charge is -2.08. The molecule has 0 saturated heterocycles. The molecule has 0 aromatic heterocycles. The molecule has 0 radical (unpaired) electrons. The van der Waals surface area contributed by atoms with Crippen molar-refractivity contribution < 1.29 is 10.0 Å². The maximum atomic E-state index is 10.7. The minimum absolute atomic E-state index is 0.0168. The highest BCUT2D eigenvalue weighted by Gasteiger charge is 2.09. The number of nitro groups is 1. The predicted molar refractivity (Wildman–Crippen MR) is 84.6 cm³/mol. The van der Waals surface area contributed by atoms with E-state index in [0.717, 1.165) is 13.1 Å². The van der Waals surface area contributed by atoms with Crippen molar-refractivity contribution in [2.75, 3.05) is 13.1 Å². The first-order valence-electron chi connectivity index (χ1n) is 7.08. The van der Waals surface area contributed by atoms with Crippen molar-refractivity contribution in [1.29, 1.82) is 0 Å². The number of non-ortho nitro benzene ring substituents is 1. The number of phenols is 1. The third kappa shape index (κ3) is 4.83. The molecule has 0 aliphatic heterocycles. The molecular formula is C16H19N3O3. The Balaban J connectivity index is 1.70. The van der Waals surface area contributed by atoms with Crippen LogP contribution in [0.4, 0.5) is 5.69 Å². The summed E-state index contributed by atoms with van der Waals surface area (Å²) >= 11 is 0. The van der Waals surface area contributed by atoms with Gasteiger partial charge in [0.15, 0.2) is 0 Å². The third-order valence-electron chi connectivity index (χ3n) is 3.24. The normalized spacial score (nSPS) is 10.5. The zero-order valence-electron chi connectivity index (χ0n) is 12.2. The monoisotopic (exact) mass is 301 g/mol. The lowest BCUT2D eigenvalue weighted by molar-refractivity contribution is -0.384. The standard InChI is InChI=1S/C16H19N3O3/c20-16-7-6-15(19(21)22)10-14(16)12-18-9-8-17-11-13-4-2-1-3-5-13/h1-7,10,17-18,20H,8-9,11-12H2. The van der Waals surface area contributed by atoms with Crippen LogP contribution in [0.3, 0.4) is 0 Å². The van der Waals surface area contributed by atoms with E-state index in [1.807, 2.05) is 18.2 Å². The molecule has 0 aliphatic rings. The second kappa shape index (κ2) is 8.11. The topological polar surface area (TPSA) is 87.4 Å². The summed E-state index contributed by atoms with van der Waals surface area (Å²) in [6, 6.07) is 14.1. The van der Waals surface area contributed by atoms with Crippen LogP contribution in [0.25, 0.3) is 0 Å². The van der Waals surface area contributed by atoms with E-state index in [0.29, 0.717) is 18.7 Å². The molecule has 0 unspecified atom stereocenters. The zero-order chi connectivity index (χ0) is 15.8. The van der Waals surface area contributed by atoms with E-state index in [1.54, 1.807) is 0 Å². The quantitative estimate of drug-likeness (QED) is 0.395. The van der Waals surface area contributed by atoms with Crippen molar-refractivity contribution in [2.24, 2.45) is 0 Å². The summed E-state index contributed by atoms with van der Waals surface area (Å²) in [5.74, 6) is 0.0651. The van der Waals surface area contributed by atoms with Crippen LogP contribution in [-0.2, 0) is 13.1 Å². The molecule has 0 saturated carbocycles. The molecule has 0 spiro atoms. The van der Waals surface area contributed by atoms with Crippen molar-refractivity contribution in [3.05, 3.63) is 69.8 Å². The van der Waals surface area contributed by atoms with Gasteiger partial charge in [0.2, 0.25) is 0 Å². The molecule has 2 rings (SSSR count). The zero-order valence-corrected chi connectivity index (χ0v) is 12.2. The Morgan fingerprint density at radius 1 is 1.00 bits per heavy atom. The number of hydrogen-bond donors (Lipinski definition) is 3. The molecule has 0 fully saturated rings. The van der Waals surface area contributed by atoms with Gasteiger partial charge in [0.05, 0.1) is 4.92 Å². The number of aromatic hydroxyl groups is 1. The molecule has 0 atom stereocenters. The largest absolute Gasteiger partial charge is 0.508 e. The summed E-state index contributed by atoms with van der Waals surface area (Å²) < 4.78 is 0. The Morgan fingerprint density at radius 2 is 1.68 bits per heavy atom. The van der Waals surface area contributed by atoms with E-state index < -0.39 is 4.92 Å². The number of phenolic OH excluding ortho intramolecular Hbond substituents is 1. The van der Waals surface area contributed by atoms with Crippen molar-refractivity contribution in [1.82, 2.24) is 10.6 Å². The fourth-order valence-electron chi connectivity index (χ4n) is 2.06. The van der Waals surface area contributed by atoms with Crippen molar-refractivity contribution >= 4 is 5.69 Å². The van der Waals surface area contributed by atoms with Crippen LogP contribution >= 0.6 is 0 Å². The van der Waals surface area contributed by atoms with Crippen LogP contribution in [0.1, 0.15) is 11.1 Å². The fourth-order valence-corrected chi connectivity index (χ4v) is 2.06. The highest BCUT2D eigenvalue weighted by molar-refractivity contribution is 5.42. The van der Waals surface area contributed by atoms with Crippen LogP contribution < -0.4 is 10.6 Å². The Bertz CT molecular complexity index is 617. The molecule has 3 N–H and O–H groups in total. The Labute approximate surface area is 128 Å². The summed E-state index contributed by atoms with van der Waals surface area (Å²) in [4.78, 5) is 10.2. The van der Waals surface area contributed by atoms with E-state index in [4.69, 9.17) is 0 Å². The van der Waals surface area contributed by atoms with Gasteiger partial charge in [-0.3, -0.25) is 10.1 Å². The van der Waals surface area contributed by atoms with Gasteiger partial charge in [0.1, 0.15) is 5.75 Å². The van der Waals surface area contributed by atoms with Gasteiger partial charge >= 0.3 is 0 Å². The number of nitrogens with one attached hydrogen (secondary N) is 2. The van der Waals surface area contributed by atoms with Gasteiger partial charge in [-0.05, 0) is 11.6 Å². The van der Waals surface area contributed by atoms with Gasteiger partial charge in [0, 0.05) is 43.9 Å². The average Bonchev–Trinajstić information content (AvgIpc) is 2.53. The molecule has 6 heteroatoms. The number of benzene rings is 2. The smallest absolute Gasteiger partial charge is 0.270 e. The molecule has 22 heavy (non-hydrogen) atoms. The van der Waals surface area contributed by atoms with E-state index in [1.165, 1.54) is 23.8 Å². The van der Waals surface area contributed by atoms with E-state index in [-0.39, 0.29) is 11.4 Å². The molecule has 2 aromatic carbocycles. The Kier molecular flexibility index (Phi) is 5.88. The fraction of sp³-hybridized carbons (Fsp3) is 0.250. The summed E-state index contributed by atoms with van der Waals surface area (Å²) in [5.41, 5.74) is 1.73. The van der Waals surface area contributed by atoms with Gasteiger partial charge in [0.25, 0.3) is 5.69 Å². The highest BCUT2D eigenvalue weighted by Crippen LogP contribution is 2.22. The van der Waals surface area contributed by atoms with Crippen LogP contribution in [0.5, 0.6) is 5.75 Å².